The fourth-order valence-electron chi connectivity index (χ4n) is 3.92. The van der Waals surface area contributed by atoms with Crippen LogP contribution in [0.4, 0.5) is 0 Å². The third-order valence-electron chi connectivity index (χ3n) is 5.55. The quantitative estimate of drug-likeness (QED) is 0.230. The summed E-state index contributed by atoms with van der Waals surface area (Å²) in [5, 5.41) is 2.48. The molecule has 1 heterocycles. The van der Waals surface area contributed by atoms with Crippen LogP contribution in [-0.4, -0.2) is 24.1 Å². The zero-order chi connectivity index (χ0) is 21.8. The van der Waals surface area contributed by atoms with E-state index in [9.17, 15) is 0 Å². The van der Waals surface area contributed by atoms with Crippen LogP contribution in [0.3, 0.4) is 0 Å². The molecule has 3 aromatic rings. The Morgan fingerprint density at radius 1 is 0.794 bits per heavy atom. The summed E-state index contributed by atoms with van der Waals surface area (Å²) in [6, 6.07) is 31.2. The maximum atomic E-state index is 7.04. The van der Waals surface area contributed by atoms with E-state index in [0.29, 0.717) is 5.90 Å². The van der Waals surface area contributed by atoms with Gasteiger partial charge in [0.1, 0.15) is 28.9 Å². The minimum absolute atomic E-state index is 0. The fourth-order valence-corrected chi connectivity index (χ4v) is 6.26. The van der Waals surface area contributed by atoms with Gasteiger partial charge in [-0.05, 0) is 48.7 Å². The molecular formula is C29H37IrNO2P-. The SMILES string of the molecule is C[C@@H]1OC(c2ccccc2)=N[C@@H]1[C@H](O[PH+](c1ccccc1)c1ccccc1)C(C)(C)C.[CH3-].[CH3-].[Ir]. The van der Waals surface area contributed by atoms with Gasteiger partial charge >= 0.3 is 0 Å². The van der Waals surface area contributed by atoms with Crippen LogP contribution in [0.2, 0.25) is 0 Å². The van der Waals surface area contributed by atoms with Gasteiger partial charge in [-0.3, -0.25) is 0 Å². The first-order valence-electron chi connectivity index (χ1n) is 10.9. The predicted molar refractivity (Wildman–Crippen MR) is 145 cm³/mol. The molecule has 3 nitrogen and oxygen atoms in total. The summed E-state index contributed by atoms with van der Waals surface area (Å²) < 4.78 is 13.3. The molecule has 5 heteroatoms. The zero-order valence-electron chi connectivity index (χ0n) is 21.0. The van der Waals surface area contributed by atoms with E-state index < -0.39 is 8.15 Å². The van der Waals surface area contributed by atoms with E-state index in [1.165, 1.54) is 10.6 Å². The van der Waals surface area contributed by atoms with Gasteiger partial charge in [-0.2, -0.15) is 0 Å². The molecule has 34 heavy (non-hydrogen) atoms. The van der Waals surface area contributed by atoms with Crippen molar-refractivity contribution in [1.82, 2.24) is 0 Å². The smallest absolute Gasteiger partial charge is 0.216 e. The first kappa shape index (κ1) is 30.2. The van der Waals surface area contributed by atoms with Crippen LogP contribution in [0.1, 0.15) is 33.3 Å². The molecule has 0 bridgehead atoms. The molecular weight excluding hydrogens is 618 g/mol. The summed E-state index contributed by atoms with van der Waals surface area (Å²) in [4.78, 5) is 5.03. The van der Waals surface area contributed by atoms with Crippen molar-refractivity contribution in [2.45, 2.75) is 45.9 Å². The molecule has 0 saturated heterocycles. The minimum atomic E-state index is -1.45. The topological polar surface area (TPSA) is 30.8 Å². The first-order chi connectivity index (χ1) is 14.9. The second-order valence-electron chi connectivity index (χ2n) is 9.08. The van der Waals surface area contributed by atoms with E-state index in [4.69, 9.17) is 14.3 Å². The van der Waals surface area contributed by atoms with Crippen LogP contribution in [0.25, 0.3) is 0 Å². The van der Waals surface area contributed by atoms with Crippen molar-refractivity contribution in [2.24, 2.45) is 10.4 Å². The Morgan fingerprint density at radius 2 is 1.24 bits per heavy atom. The molecule has 0 spiro atoms. The number of rotatable bonds is 6. The molecule has 3 aromatic carbocycles. The van der Waals surface area contributed by atoms with Crippen LogP contribution in [0, 0.1) is 20.3 Å². The minimum Gasteiger partial charge on any atom is -0.472 e. The molecule has 185 valence electrons. The fraction of sp³-hybridized carbons (Fsp3) is 0.276. The van der Waals surface area contributed by atoms with Gasteiger partial charge in [0.15, 0.2) is 8.15 Å². The largest absolute Gasteiger partial charge is 0.472 e. The summed E-state index contributed by atoms with van der Waals surface area (Å²) in [6.45, 7) is 8.80. The van der Waals surface area contributed by atoms with E-state index in [0.717, 1.165) is 5.56 Å². The molecule has 1 aliphatic heterocycles. The third kappa shape index (κ3) is 7.09. The Hall–Kier alpha value is -1.83. The van der Waals surface area contributed by atoms with E-state index in [1.54, 1.807) is 0 Å². The van der Waals surface area contributed by atoms with Gasteiger partial charge in [-0.15, -0.1) is 0 Å². The zero-order valence-corrected chi connectivity index (χ0v) is 24.4. The number of nitrogens with zero attached hydrogens (tertiary/aromatic N) is 1. The average Bonchev–Trinajstić information content (AvgIpc) is 3.16. The number of hydrogen-bond acceptors (Lipinski definition) is 3. The van der Waals surface area contributed by atoms with Crippen molar-refractivity contribution < 1.29 is 29.4 Å². The van der Waals surface area contributed by atoms with Crippen molar-refractivity contribution in [3.05, 3.63) is 111 Å². The maximum Gasteiger partial charge on any atom is 0.216 e. The van der Waals surface area contributed by atoms with Crippen LogP contribution in [-0.2, 0) is 29.4 Å². The Bertz CT molecular complexity index is 967. The van der Waals surface area contributed by atoms with E-state index in [2.05, 4.69) is 88.4 Å². The summed E-state index contributed by atoms with van der Waals surface area (Å²) >= 11 is 0. The number of benzene rings is 3. The number of hydrogen-bond donors (Lipinski definition) is 0. The molecule has 0 fully saturated rings. The van der Waals surface area contributed by atoms with E-state index in [-0.39, 0.29) is 58.6 Å². The first-order valence-corrected chi connectivity index (χ1v) is 12.3. The van der Waals surface area contributed by atoms with Crippen molar-refractivity contribution >= 4 is 24.7 Å². The van der Waals surface area contributed by atoms with Gasteiger partial charge in [0.25, 0.3) is 0 Å². The molecule has 0 saturated carbocycles. The molecule has 1 aliphatic rings. The standard InChI is InChI=1S/C27H30NO2P.2CH3.Ir/c1-20-24(28-26(29-20)21-14-8-5-9-15-21)25(27(2,3)4)30-31(22-16-10-6-11-17-22)23-18-12-7-13-19-23;;;/h5-20,24-25H,1-4H3;2*1H3;/q;2*-1;/p+1/t20-,24-,25-;;;/m0.../s1. The summed E-state index contributed by atoms with van der Waals surface area (Å²) in [5.74, 6) is 0.712. The Balaban J connectivity index is 0.00000193. The third-order valence-corrected chi connectivity index (χ3v) is 7.75. The molecule has 0 amide bonds. The van der Waals surface area contributed by atoms with Gasteiger partial charge in [0.2, 0.25) is 5.90 Å². The molecule has 3 atom stereocenters. The Morgan fingerprint density at radius 3 is 1.68 bits per heavy atom. The summed E-state index contributed by atoms with van der Waals surface area (Å²) in [7, 11) is -1.45. The van der Waals surface area contributed by atoms with Gasteiger partial charge in [-0.25, -0.2) is 9.52 Å². The normalized spacial score (nSPS) is 18.0. The molecule has 0 N–H and O–H groups in total. The average molecular weight is 655 g/mol. The second kappa shape index (κ2) is 13.3. The Labute approximate surface area is 221 Å². The van der Waals surface area contributed by atoms with Gasteiger partial charge in [-0.1, -0.05) is 75.4 Å². The molecule has 4 rings (SSSR count). The van der Waals surface area contributed by atoms with Crippen molar-refractivity contribution in [3.63, 3.8) is 0 Å². The van der Waals surface area contributed by atoms with Crippen LogP contribution in [0.5, 0.6) is 0 Å². The molecule has 0 aromatic heterocycles. The van der Waals surface area contributed by atoms with Crippen LogP contribution >= 0.6 is 8.15 Å². The summed E-state index contributed by atoms with van der Waals surface area (Å²) in [6.07, 6.45) is -0.132. The predicted octanol–water partition coefficient (Wildman–Crippen LogP) is 6.33. The molecule has 0 unspecified atom stereocenters. The number of ether oxygens (including phenoxy) is 1. The Kier molecular flexibility index (Phi) is 11.8. The second-order valence-corrected chi connectivity index (χ2v) is 11.1. The summed E-state index contributed by atoms with van der Waals surface area (Å²) in [5.41, 5.74) is 0.915. The van der Waals surface area contributed by atoms with Crippen molar-refractivity contribution in [3.8, 4) is 0 Å². The van der Waals surface area contributed by atoms with Crippen molar-refractivity contribution in [1.29, 1.82) is 0 Å². The van der Waals surface area contributed by atoms with Gasteiger partial charge in [0.05, 0.1) is 0 Å². The van der Waals surface area contributed by atoms with Crippen LogP contribution in [0.15, 0.2) is 96.0 Å². The van der Waals surface area contributed by atoms with Crippen LogP contribution < -0.4 is 10.6 Å². The number of aliphatic imine (C=N–C) groups is 1. The van der Waals surface area contributed by atoms with Gasteiger partial charge < -0.3 is 19.6 Å². The molecule has 1 radical (unpaired) electrons. The van der Waals surface area contributed by atoms with E-state index >= 15 is 0 Å². The van der Waals surface area contributed by atoms with Crippen molar-refractivity contribution in [2.75, 3.05) is 0 Å². The molecule has 0 aliphatic carbocycles. The van der Waals surface area contributed by atoms with Gasteiger partial charge in [0, 0.05) is 25.7 Å². The maximum absolute atomic E-state index is 7.04. The van der Waals surface area contributed by atoms with E-state index in [1.807, 2.05) is 30.3 Å². The monoisotopic (exact) mass is 655 g/mol.